The number of hydrogen-bond acceptors (Lipinski definition) is 7. The number of carbonyl (C=O) groups excluding carboxylic acids is 1. The fourth-order valence-electron chi connectivity index (χ4n) is 3.57. The topological polar surface area (TPSA) is 98.0 Å². The van der Waals surface area contributed by atoms with E-state index in [1.54, 1.807) is 14.1 Å². The summed E-state index contributed by atoms with van der Waals surface area (Å²) in [5, 5.41) is 12.7. The van der Waals surface area contributed by atoms with Crippen molar-refractivity contribution in [2.24, 2.45) is 0 Å². The van der Waals surface area contributed by atoms with Crippen molar-refractivity contribution in [2.45, 2.75) is 40.2 Å². The first-order valence-corrected chi connectivity index (χ1v) is 9.68. The van der Waals surface area contributed by atoms with Crippen molar-refractivity contribution in [2.75, 3.05) is 37.4 Å². The Morgan fingerprint density at radius 1 is 1.21 bits per heavy atom. The van der Waals surface area contributed by atoms with Crippen LogP contribution in [-0.4, -0.2) is 59.0 Å². The summed E-state index contributed by atoms with van der Waals surface area (Å²) in [6.07, 6.45) is 0.930. The molecule has 2 aromatic heterocycles. The van der Waals surface area contributed by atoms with E-state index in [9.17, 15) is 10.1 Å². The molecule has 0 unspecified atom stereocenters. The zero-order valence-electron chi connectivity index (χ0n) is 17.9. The normalized spacial score (nSPS) is 15.9. The highest BCUT2D eigenvalue weighted by Crippen LogP contribution is 2.26. The maximum atomic E-state index is 12.3. The average molecular weight is 393 g/mol. The van der Waals surface area contributed by atoms with Crippen molar-refractivity contribution in [3.8, 4) is 6.07 Å². The van der Waals surface area contributed by atoms with Gasteiger partial charge in [-0.05, 0) is 45.7 Å². The molecule has 0 bridgehead atoms. The van der Waals surface area contributed by atoms with Crippen LogP contribution >= 0.6 is 0 Å². The second kappa shape index (κ2) is 8.03. The van der Waals surface area contributed by atoms with Crippen LogP contribution in [-0.2, 0) is 0 Å². The van der Waals surface area contributed by atoms with Crippen LogP contribution in [0.2, 0.25) is 0 Å². The molecule has 0 aromatic carbocycles. The van der Waals surface area contributed by atoms with Gasteiger partial charge in [0.2, 0.25) is 5.82 Å². The van der Waals surface area contributed by atoms with E-state index in [0.717, 1.165) is 53.7 Å². The summed E-state index contributed by atoms with van der Waals surface area (Å²) in [6.45, 7) is 9.27. The van der Waals surface area contributed by atoms with Gasteiger partial charge >= 0.3 is 0 Å². The van der Waals surface area contributed by atoms with Crippen molar-refractivity contribution >= 4 is 17.5 Å². The first kappa shape index (κ1) is 20.5. The Morgan fingerprint density at radius 3 is 2.55 bits per heavy atom. The Balaban J connectivity index is 1.79. The van der Waals surface area contributed by atoms with Crippen LogP contribution in [0, 0.1) is 39.0 Å². The van der Waals surface area contributed by atoms with Crippen LogP contribution in [0.5, 0.6) is 0 Å². The van der Waals surface area contributed by atoms with Gasteiger partial charge in [-0.15, -0.1) is 0 Å². The van der Waals surface area contributed by atoms with E-state index in [4.69, 9.17) is 0 Å². The maximum absolute atomic E-state index is 12.3. The number of hydrogen-bond donors (Lipinski definition) is 1. The third-order valence-corrected chi connectivity index (χ3v) is 5.31. The van der Waals surface area contributed by atoms with Crippen LogP contribution in [0.1, 0.15) is 45.1 Å². The van der Waals surface area contributed by atoms with Crippen LogP contribution in [0.25, 0.3) is 0 Å². The highest BCUT2D eigenvalue weighted by Gasteiger charge is 2.27. The largest absolute Gasteiger partial charge is 0.365 e. The smallest absolute Gasteiger partial charge is 0.291 e. The summed E-state index contributed by atoms with van der Waals surface area (Å²) in [4.78, 5) is 29.5. The zero-order chi connectivity index (χ0) is 21.3. The molecule has 3 heterocycles. The van der Waals surface area contributed by atoms with Crippen LogP contribution in [0.3, 0.4) is 0 Å². The van der Waals surface area contributed by atoms with Crippen LogP contribution in [0.15, 0.2) is 6.07 Å². The van der Waals surface area contributed by atoms with Crippen LogP contribution < -0.4 is 10.2 Å². The molecule has 1 aliphatic rings. The van der Waals surface area contributed by atoms with Crippen molar-refractivity contribution in [1.82, 2.24) is 19.9 Å². The number of anilines is 2. The Morgan fingerprint density at radius 2 is 1.93 bits per heavy atom. The van der Waals surface area contributed by atoms with Gasteiger partial charge in [0, 0.05) is 44.5 Å². The molecule has 8 heteroatoms. The summed E-state index contributed by atoms with van der Waals surface area (Å²) in [5.41, 5.74) is 4.10. The quantitative estimate of drug-likeness (QED) is 0.851. The molecule has 2 aromatic rings. The summed E-state index contributed by atoms with van der Waals surface area (Å²) in [6, 6.07) is 4.33. The second-order valence-electron chi connectivity index (χ2n) is 7.75. The molecule has 152 valence electrons. The number of nitrogens with one attached hydrogen (secondary N) is 1. The lowest BCUT2D eigenvalue weighted by Crippen LogP contribution is -2.30. The molecule has 8 nitrogen and oxygen atoms in total. The van der Waals surface area contributed by atoms with Gasteiger partial charge in [0.25, 0.3) is 5.91 Å². The van der Waals surface area contributed by atoms with Crippen molar-refractivity contribution < 1.29 is 4.79 Å². The van der Waals surface area contributed by atoms with E-state index in [-0.39, 0.29) is 17.8 Å². The molecule has 0 radical (unpaired) electrons. The van der Waals surface area contributed by atoms with Crippen molar-refractivity contribution in [3.63, 3.8) is 0 Å². The highest BCUT2D eigenvalue weighted by molar-refractivity contribution is 5.90. The minimum Gasteiger partial charge on any atom is -0.365 e. The molecule has 1 saturated heterocycles. The Bertz CT molecular complexity index is 970. The van der Waals surface area contributed by atoms with Gasteiger partial charge in [-0.3, -0.25) is 4.79 Å². The minimum absolute atomic E-state index is 0.198. The first-order valence-electron chi connectivity index (χ1n) is 9.68. The van der Waals surface area contributed by atoms with Gasteiger partial charge in [0.05, 0.1) is 11.3 Å². The van der Waals surface area contributed by atoms with E-state index < -0.39 is 0 Å². The molecule has 0 saturated carbocycles. The Labute approximate surface area is 171 Å². The molecule has 0 spiro atoms. The number of nitriles is 1. The standard InChI is InChI=1S/C21H27N7O/c1-12-9-18(23-15(4)17(12)10-22)25-16-7-8-28(11-16)20-13(2)14(3)24-19(26-20)21(29)27(5)6/h9,16H,7-8,11H2,1-6H3,(H,23,25)/t16-/m1/s1. The number of aromatic nitrogens is 3. The second-order valence-corrected chi connectivity index (χ2v) is 7.75. The zero-order valence-corrected chi connectivity index (χ0v) is 17.9. The lowest BCUT2D eigenvalue weighted by atomic mass is 10.1. The fourth-order valence-corrected chi connectivity index (χ4v) is 3.57. The lowest BCUT2D eigenvalue weighted by Gasteiger charge is -2.22. The van der Waals surface area contributed by atoms with Gasteiger partial charge in [-0.2, -0.15) is 5.26 Å². The molecule has 3 rings (SSSR count). The number of aryl methyl sites for hydroxylation is 3. The van der Waals surface area contributed by atoms with Gasteiger partial charge in [0.1, 0.15) is 17.7 Å². The van der Waals surface area contributed by atoms with Gasteiger partial charge in [0.15, 0.2) is 0 Å². The summed E-state index contributed by atoms with van der Waals surface area (Å²) >= 11 is 0. The van der Waals surface area contributed by atoms with Crippen LogP contribution in [0.4, 0.5) is 11.6 Å². The maximum Gasteiger partial charge on any atom is 0.291 e. The minimum atomic E-state index is -0.198. The lowest BCUT2D eigenvalue weighted by molar-refractivity contribution is 0.0815. The highest BCUT2D eigenvalue weighted by atomic mass is 16.2. The van der Waals surface area contributed by atoms with Gasteiger partial charge in [-0.25, -0.2) is 15.0 Å². The average Bonchev–Trinajstić information content (AvgIpc) is 3.11. The van der Waals surface area contributed by atoms with Crippen molar-refractivity contribution in [3.05, 3.63) is 40.0 Å². The summed E-state index contributed by atoms with van der Waals surface area (Å²) in [5.74, 6) is 1.62. The van der Waals surface area contributed by atoms with E-state index in [2.05, 4.69) is 31.2 Å². The third kappa shape index (κ3) is 4.14. The summed E-state index contributed by atoms with van der Waals surface area (Å²) < 4.78 is 0. The Kier molecular flexibility index (Phi) is 5.69. The van der Waals surface area contributed by atoms with Crippen molar-refractivity contribution in [1.29, 1.82) is 5.26 Å². The summed E-state index contributed by atoms with van der Waals surface area (Å²) in [7, 11) is 3.40. The predicted octanol–water partition coefficient (Wildman–Crippen LogP) is 2.37. The molecule has 1 aliphatic heterocycles. The SMILES string of the molecule is Cc1cc(N[C@@H]2CCN(c3nc(C(=O)N(C)C)nc(C)c3C)C2)nc(C)c1C#N. The Hall–Kier alpha value is -3.21. The molecule has 1 atom stereocenters. The predicted molar refractivity (Wildman–Crippen MR) is 112 cm³/mol. The van der Waals surface area contributed by atoms with E-state index in [1.165, 1.54) is 4.90 Å². The number of pyridine rings is 1. The molecule has 1 amide bonds. The molecule has 29 heavy (non-hydrogen) atoms. The molecule has 1 N–H and O–H groups in total. The number of rotatable bonds is 4. The monoisotopic (exact) mass is 393 g/mol. The molecule has 0 aliphatic carbocycles. The number of carbonyl (C=O) groups is 1. The fraction of sp³-hybridized carbons (Fsp3) is 0.476. The molecular weight excluding hydrogens is 366 g/mol. The van der Waals surface area contributed by atoms with Gasteiger partial charge in [-0.1, -0.05) is 0 Å². The number of nitrogens with zero attached hydrogens (tertiary/aromatic N) is 6. The van der Waals surface area contributed by atoms with E-state index >= 15 is 0 Å². The molecular formula is C21H27N7O. The third-order valence-electron chi connectivity index (χ3n) is 5.31. The van der Waals surface area contributed by atoms with E-state index in [0.29, 0.717) is 5.56 Å². The van der Waals surface area contributed by atoms with E-state index in [1.807, 2.05) is 33.8 Å². The first-order chi connectivity index (χ1) is 13.7. The van der Waals surface area contributed by atoms with Gasteiger partial charge < -0.3 is 15.1 Å². The molecule has 1 fully saturated rings. The number of amides is 1.